The second-order valence-electron chi connectivity index (χ2n) is 6.34. The number of amides is 1. The molecule has 4 rings (SSSR count). The third-order valence-corrected chi connectivity index (χ3v) is 6.78. The molecule has 0 fully saturated rings. The van der Waals surface area contributed by atoms with Gasteiger partial charge in [0, 0.05) is 15.6 Å². The Morgan fingerprint density at radius 1 is 1.00 bits per heavy atom. The predicted octanol–water partition coefficient (Wildman–Crippen LogP) is 4.54. The zero-order valence-electron chi connectivity index (χ0n) is 14.7. The number of anilines is 2. The molecule has 0 saturated carbocycles. The molecular weight excluding hydrogens is 466 g/mol. The van der Waals surface area contributed by atoms with E-state index in [4.69, 9.17) is 0 Å². The Morgan fingerprint density at radius 3 is 2.52 bits per heavy atom. The lowest BCUT2D eigenvalue weighted by Gasteiger charge is -2.31. The molecule has 3 aromatic carbocycles. The summed E-state index contributed by atoms with van der Waals surface area (Å²) >= 11 is 3.13. The summed E-state index contributed by atoms with van der Waals surface area (Å²) in [6.07, 6.45) is 0. The molecule has 1 heterocycles. The number of hydrogen-bond acceptors (Lipinski definition) is 3. The van der Waals surface area contributed by atoms with Crippen molar-refractivity contribution in [2.24, 2.45) is 0 Å². The lowest BCUT2D eigenvalue weighted by molar-refractivity contribution is -0.114. The van der Waals surface area contributed by atoms with Gasteiger partial charge >= 0.3 is 0 Å². The van der Waals surface area contributed by atoms with Crippen molar-refractivity contribution in [3.05, 3.63) is 76.8 Å². The van der Waals surface area contributed by atoms with Gasteiger partial charge in [-0.05, 0) is 42.5 Å². The maximum absolute atomic E-state index is 14.0. The predicted molar refractivity (Wildman–Crippen MR) is 109 cm³/mol. The molecular formula is C20H13BrF2N2O3S. The summed E-state index contributed by atoms with van der Waals surface area (Å²) in [4.78, 5) is 12.5. The standard InChI is InChI=1S/C20H13BrF2N2O3S/c21-12-5-7-17(16(23)9-12)24-20(26)11-25-18-8-6-13(22)10-15(18)14-3-1-2-4-19(14)29(25,27)28/h1-10H,11H2,(H,24,26). The molecule has 1 aliphatic rings. The molecule has 0 aliphatic carbocycles. The number of halogens is 3. The van der Waals surface area contributed by atoms with Gasteiger partial charge in [-0.1, -0.05) is 34.1 Å². The maximum Gasteiger partial charge on any atom is 0.265 e. The van der Waals surface area contributed by atoms with E-state index in [0.717, 1.165) is 10.4 Å². The summed E-state index contributed by atoms with van der Waals surface area (Å²) in [5, 5.41) is 2.37. The van der Waals surface area contributed by atoms with Gasteiger partial charge in [-0.15, -0.1) is 0 Å². The lowest BCUT2D eigenvalue weighted by atomic mass is 10.0. The largest absolute Gasteiger partial charge is 0.322 e. The van der Waals surface area contributed by atoms with Crippen LogP contribution in [0.15, 0.2) is 70.0 Å². The van der Waals surface area contributed by atoms with Crippen molar-refractivity contribution in [3.63, 3.8) is 0 Å². The minimum absolute atomic E-state index is 0.0271. The van der Waals surface area contributed by atoms with Gasteiger partial charge in [-0.25, -0.2) is 17.2 Å². The van der Waals surface area contributed by atoms with Crippen LogP contribution in [0, 0.1) is 11.6 Å². The van der Waals surface area contributed by atoms with Gasteiger partial charge in [0.2, 0.25) is 5.91 Å². The Balaban J connectivity index is 1.73. The Labute approximate surface area is 174 Å². The van der Waals surface area contributed by atoms with E-state index in [9.17, 15) is 22.0 Å². The maximum atomic E-state index is 14.0. The molecule has 3 aromatic rings. The number of carbonyl (C=O) groups excluding carboxylic acids is 1. The summed E-state index contributed by atoms with van der Waals surface area (Å²) in [6.45, 7) is -0.592. The van der Waals surface area contributed by atoms with E-state index < -0.39 is 34.1 Å². The van der Waals surface area contributed by atoms with E-state index in [1.54, 1.807) is 24.3 Å². The highest BCUT2D eigenvalue weighted by Gasteiger charge is 2.36. The van der Waals surface area contributed by atoms with Gasteiger partial charge in [0.1, 0.15) is 18.2 Å². The third-order valence-electron chi connectivity index (χ3n) is 4.47. The Kier molecular flexibility index (Phi) is 4.87. The first kappa shape index (κ1) is 19.5. The van der Waals surface area contributed by atoms with Crippen LogP contribution in [0.1, 0.15) is 0 Å². The second kappa shape index (κ2) is 7.23. The van der Waals surface area contributed by atoms with Crippen molar-refractivity contribution < 1.29 is 22.0 Å². The monoisotopic (exact) mass is 478 g/mol. The van der Waals surface area contributed by atoms with E-state index in [1.165, 1.54) is 30.3 Å². The first-order valence-corrected chi connectivity index (χ1v) is 10.7. The third kappa shape index (κ3) is 3.51. The number of fused-ring (bicyclic) bond motifs is 3. The van der Waals surface area contributed by atoms with Crippen LogP contribution in [0.5, 0.6) is 0 Å². The fourth-order valence-electron chi connectivity index (χ4n) is 3.18. The van der Waals surface area contributed by atoms with Gasteiger partial charge in [-0.2, -0.15) is 0 Å². The molecule has 148 valence electrons. The summed E-state index contributed by atoms with van der Waals surface area (Å²) in [6, 6.07) is 13.9. The SMILES string of the molecule is O=C(CN1c2ccc(F)cc2-c2ccccc2S1(=O)=O)Nc1ccc(Br)cc1F. The van der Waals surface area contributed by atoms with E-state index in [0.29, 0.717) is 15.6 Å². The average molecular weight is 479 g/mol. The molecule has 0 atom stereocenters. The van der Waals surface area contributed by atoms with Crippen LogP contribution in [0.2, 0.25) is 0 Å². The quantitative estimate of drug-likeness (QED) is 0.600. The molecule has 0 bridgehead atoms. The molecule has 29 heavy (non-hydrogen) atoms. The number of rotatable bonds is 3. The van der Waals surface area contributed by atoms with Crippen LogP contribution in [-0.2, 0) is 14.8 Å². The molecule has 1 N–H and O–H groups in total. The highest BCUT2D eigenvalue weighted by Crippen LogP contribution is 2.43. The molecule has 9 heteroatoms. The normalized spacial score (nSPS) is 14.1. The molecule has 0 saturated heterocycles. The molecule has 0 spiro atoms. The fourth-order valence-corrected chi connectivity index (χ4v) is 5.17. The molecule has 1 aliphatic heterocycles. The minimum Gasteiger partial charge on any atom is -0.322 e. The van der Waals surface area contributed by atoms with Gasteiger partial charge < -0.3 is 5.32 Å². The van der Waals surface area contributed by atoms with Gasteiger partial charge in [0.05, 0.1) is 16.3 Å². The van der Waals surface area contributed by atoms with Crippen molar-refractivity contribution >= 4 is 43.2 Å². The second-order valence-corrected chi connectivity index (χ2v) is 9.09. The van der Waals surface area contributed by atoms with E-state index in [1.807, 2.05) is 0 Å². The van der Waals surface area contributed by atoms with Crippen molar-refractivity contribution in [2.75, 3.05) is 16.2 Å². The van der Waals surface area contributed by atoms with Crippen molar-refractivity contribution in [1.82, 2.24) is 0 Å². The zero-order valence-corrected chi connectivity index (χ0v) is 17.1. The Hall–Kier alpha value is -2.78. The van der Waals surface area contributed by atoms with Crippen LogP contribution in [-0.4, -0.2) is 20.9 Å². The average Bonchev–Trinajstić information content (AvgIpc) is 2.68. The number of hydrogen-bond donors (Lipinski definition) is 1. The van der Waals surface area contributed by atoms with Crippen molar-refractivity contribution in [2.45, 2.75) is 4.90 Å². The van der Waals surface area contributed by atoms with Crippen molar-refractivity contribution in [1.29, 1.82) is 0 Å². The number of benzene rings is 3. The number of sulfonamides is 1. The summed E-state index contributed by atoms with van der Waals surface area (Å²) in [7, 11) is -4.06. The molecule has 0 radical (unpaired) electrons. The van der Waals surface area contributed by atoms with Gasteiger partial charge in [0.15, 0.2) is 0 Å². The zero-order chi connectivity index (χ0) is 20.8. The highest BCUT2D eigenvalue weighted by molar-refractivity contribution is 9.10. The number of carbonyl (C=O) groups is 1. The lowest BCUT2D eigenvalue weighted by Crippen LogP contribution is -2.40. The van der Waals surface area contributed by atoms with E-state index >= 15 is 0 Å². The number of nitrogens with one attached hydrogen (secondary N) is 1. The topological polar surface area (TPSA) is 66.5 Å². The minimum atomic E-state index is -4.06. The summed E-state index contributed by atoms with van der Waals surface area (Å²) in [5.41, 5.74) is 0.819. The van der Waals surface area contributed by atoms with Gasteiger partial charge in [0.25, 0.3) is 10.0 Å². The van der Waals surface area contributed by atoms with Crippen LogP contribution in [0.4, 0.5) is 20.2 Å². The molecule has 5 nitrogen and oxygen atoms in total. The van der Waals surface area contributed by atoms with Crippen LogP contribution in [0.25, 0.3) is 11.1 Å². The molecule has 0 aromatic heterocycles. The molecule has 1 amide bonds. The highest BCUT2D eigenvalue weighted by atomic mass is 79.9. The van der Waals surface area contributed by atoms with Crippen molar-refractivity contribution in [3.8, 4) is 11.1 Å². The first-order chi connectivity index (χ1) is 13.8. The van der Waals surface area contributed by atoms with Crippen LogP contribution in [0.3, 0.4) is 0 Å². The summed E-state index contributed by atoms with van der Waals surface area (Å²) < 4.78 is 55.5. The van der Waals surface area contributed by atoms with Crippen LogP contribution < -0.4 is 9.62 Å². The van der Waals surface area contributed by atoms with E-state index in [2.05, 4.69) is 21.2 Å². The van der Waals surface area contributed by atoms with Crippen LogP contribution >= 0.6 is 15.9 Å². The first-order valence-electron chi connectivity index (χ1n) is 8.44. The van der Waals surface area contributed by atoms with E-state index in [-0.39, 0.29) is 16.3 Å². The Morgan fingerprint density at radius 2 is 1.76 bits per heavy atom. The smallest absolute Gasteiger partial charge is 0.265 e. The number of nitrogens with zero attached hydrogens (tertiary/aromatic N) is 1. The summed E-state index contributed by atoms with van der Waals surface area (Å²) in [5.74, 6) is -1.93. The molecule has 0 unspecified atom stereocenters. The Bertz CT molecular complexity index is 1250. The van der Waals surface area contributed by atoms with Gasteiger partial charge in [-0.3, -0.25) is 9.10 Å². The fraction of sp³-hybridized carbons (Fsp3) is 0.0500.